The summed E-state index contributed by atoms with van der Waals surface area (Å²) in [7, 11) is 0. The van der Waals surface area contributed by atoms with Crippen LogP contribution in [0, 0.1) is 0 Å². The average molecular weight is 178 g/mol. The van der Waals surface area contributed by atoms with Crippen molar-refractivity contribution in [3.63, 3.8) is 0 Å². The van der Waals surface area contributed by atoms with E-state index in [1.807, 2.05) is 18.2 Å². The van der Waals surface area contributed by atoms with Gasteiger partial charge >= 0.3 is 0 Å². The maximum Gasteiger partial charge on any atom is 0.207 e. The lowest BCUT2D eigenvalue weighted by Gasteiger charge is -2.12. The summed E-state index contributed by atoms with van der Waals surface area (Å²) in [5, 5.41) is 2.68. The molecular formula is C10H14N2O. The third-order valence-corrected chi connectivity index (χ3v) is 2.05. The van der Waals surface area contributed by atoms with Crippen molar-refractivity contribution in [2.45, 2.75) is 19.3 Å². The highest BCUT2D eigenvalue weighted by atomic mass is 16.1. The van der Waals surface area contributed by atoms with Crippen LogP contribution in [-0.4, -0.2) is 17.9 Å². The second-order valence-electron chi connectivity index (χ2n) is 2.89. The van der Waals surface area contributed by atoms with Gasteiger partial charge in [-0.15, -0.1) is 0 Å². The first kappa shape index (κ1) is 9.71. The van der Waals surface area contributed by atoms with E-state index < -0.39 is 0 Å². The van der Waals surface area contributed by atoms with Crippen molar-refractivity contribution in [3.8, 4) is 0 Å². The summed E-state index contributed by atoms with van der Waals surface area (Å²) in [6.07, 6.45) is 3.49. The first-order chi connectivity index (χ1) is 6.38. The van der Waals surface area contributed by atoms with Crippen molar-refractivity contribution in [1.82, 2.24) is 10.3 Å². The first-order valence-electron chi connectivity index (χ1n) is 4.46. The molecule has 0 radical (unpaired) electrons. The molecule has 1 N–H and O–H groups in total. The quantitative estimate of drug-likeness (QED) is 0.691. The number of nitrogens with one attached hydrogen (secondary N) is 1. The SMILES string of the molecule is CCC(CNC=O)c1ccccn1. The number of carbonyl (C=O) groups is 1. The molecule has 0 aromatic carbocycles. The van der Waals surface area contributed by atoms with Crippen LogP contribution >= 0.6 is 0 Å². The van der Waals surface area contributed by atoms with Crippen LogP contribution < -0.4 is 5.32 Å². The van der Waals surface area contributed by atoms with Crippen LogP contribution in [0.1, 0.15) is 25.0 Å². The molecule has 3 heteroatoms. The lowest BCUT2D eigenvalue weighted by Crippen LogP contribution is -2.20. The molecule has 0 aliphatic rings. The summed E-state index contributed by atoms with van der Waals surface area (Å²) in [4.78, 5) is 14.4. The Balaban J connectivity index is 2.61. The van der Waals surface area contributed by atoms with Crippen LogP contribution in [0.2, 0.25) is 0 Å². The molecule has 1 aromatic rings. The minimum absolute atomic E-state index is 0.325. The number of pyridine rings is 1. The van der Waals surface area contributed by atoms with Gasteiger partial charge in [0.15, 0.2) is 0 Å². The maximum atomic E-state index is 10.1. The average Bonchev–Trinajstić information content (AvgIpc) is 2.21. The monoisotopic (exact) mass is 178 g/mol. The topological polar surface area (TPSA) is 42.0 Å². The predicted octanol–water partition coefficient (Wildman–Crippen LogP) is 1.32. The van der Waals surface area contributed by atoms with Gasteiger partial charge in [-0.25, -0.2) is 0 Å². The molecule has 70 valence electrons. The van der Waals surface area contributed by atoms with E-state index in [4.69, 9.17) is 0 Å². The summed E-state index contributed by atoms with van der Waals surface area (Å²) in [5.74, 6) is 0.325. The van der Waals surface area contributed by atoms with Crippen LogP contribution in [0.25, 0.3) is 0 Å². The van der Waals surface area contributed by atoms with E-state index in [-0.39, 0.29) is 0 Å². The lowest BCUT2D eigenvalue weighted by atomic mass is 10.0. The first-order valence-corrected chi connectivity index (χ1v) is 4.46. The van der Waals surface area contributed by atoms with Gasteiger partial charge in [0.2, 0.25) is 6.41 Å². The highest BCUT2D eigenvalue weighted by Gasteiger charge is 2.08. The molecule has 0 saturated carbocycles. The molecule has 0 aliphatic heterocycles. The van der Waals surface area contributed by atoms with E-state index in [0.717, 1.165) is 18.5 Å². The Labute approximate surface area is 78.2 Å². The Morgan fingerprint density at radius 3 is 3.00 bits per heavy atom. The number of aromatic nitrogens is 1. The van der Waals surface area contributed by atoms with Crippen molar-refractivity contribution in [2.24, 2.45) is 0 Å². The number of hydrogen-bond acceptors (Lipinski definition) is 2. The van der Waals surface area contributed by atoms with E-state index in [1.54, 1.807) is 6.20 Å². The number of rotatable bonds is 5. The molecule has 0 bridgehead atoms. The van der Waals surface area contributed by atoms with E-state index in [0.29, 0.717) is 12.5 Å². The third-order valence-electron chi connectivity index (χ3n) is 2.05. The van der Waals surface area contributed by atoms with Gasteiger partial charge in [-0.1, -0.05) is 13.0 Å². The molecule has 13 heavy (non-hydrogen) atoms. The van der Waals surface area contributed by atoms with Gasteiger partial charge in [0.25, 0.3) is 0 Å². The molecule has 1 unspecified atom stereocenters. The minimum Gasteiger partial charge on any atom is -0.358 e. The Morgan fingerprint density at radius 1 is 1.62 bits per heavy atom. The van der Waals surface area contributed by atoms with Crippen LogP contribution in [0.15, 0.2) is 24.4 Å². The predicted molar refractivity (Wildman–Crippen MR) is 51.3 cm³/mol. The smallest absolute Gasteiger partial charge is 0.207 e. The molecule has 0 aliphatic carbocycles. The standard InChI is InChI=1S/C10H14N2O/c1-2-9(7-11-8-13)10-5-3-4-6-12-10/h3-6,8-9H,2,7H2,1H3,(H,11,13). The van der Waals surface area contributed by atoms with E-state index in [2.05, 4.69) is 17.2 Å². The summed E-state index contributed by atoms with van der Waals surface area (Å²) in [6.45, 7) is 2.75. The highest BCUT2D eigenvalue weighted by Crippen LogP contribution is 2.14. The Hall–Kier alpha value is -1.38. The molecule has 0 spiro atoms. The zero-order valence-corrected chi connectivity index (χ0v) is 7.73. The van der Waals surface area contributed by atoms with Crippen molar-refractivity contribution < 1.29 is 4.79 Å². The van der Waals surface area contributed by atoms with E-state index in [9.17, 15) is 4.79 Å². The van der Waals surface area contributed by atoms with Gasteiger partial charge < -0.3 is 5.32 Å². The van der Waals surface area contributed by atoms with Crippen LogP contribution in [0.5, 0.6) is 0 Å². The molecular weight excluding hydrogens is 164 g/mol. The molecule has 0 fully saturated rings. The van der Waals surface area contributed by atoms with Gasteiger partial charge in [-0.3, -0.25) is 9.78 Å². The largest absolute Gasteiger partial charge is 0.358 e. The van der Waals surface area contributed by atoms with E-state index >= 15 is 0 Å². The fourth-order valence-corrected chi connectivity index (χ4v) is 1.27. The van der Waals surface area contributed by atoms with Crippen molar-refractivity contribution >= 4 is 6.41 Å². The van der Waals surface area contributed by atoms with Crippen molar-refractivity contribution in [1.29, 1.82) is 0 Å². The molecule has 1 atom stereocenters. The van der Waals surface area contributed by atoms with Gasteiger partial charge in [-0.05, 0) is 18.6 Å². The fraction of sp³-hybridized carbons (Fsp3) is 0.400. The van der Waals surface area contributed by atoms with Crippen molar-refractivity contribution in [2.75, 3.05) is 6.54 Å². The maximum absolute atomic E-state index is 10.1. The summed E-state index contributed by atoms with van der Waals surface area (Å²) < 4.78 is 0. The van der Waals surface area contributed by atoms with Gasteiger partial charge in [-0.2, -0.15) is 0 Å². The Morgan fingerprint density at radius 2 is 2.46 bits per heavy atom. The zero-order chi connectivity index (χ0) is 9.52. The van der Waals surface area contributed by atoms with Gasteiger partial charge in [0.05, 0.1) is 0 Å². The second-order valence-corrected chi connectivity index (χ2v) is 2.89. The normalized spacial score (nSPS) is 12.1. The molecule has 1 rings (SSSR count). The number of hydrogen-bond donors (Lipinski definition) is 1. The summed E-state index contributed by atoms with van der Waals surface area (Å²) in [6, 6.07) is 5.84. The Bertz CT molecular complexity index is 248. The highest BCUT2D eigenvalue weighted by molar-refractivity contribution is 5.46. The van der Waals surface area contributed by atoms with Gasteiger partial charge in [0, 0.05) is 24.4 Å². The summed E-state index contributed by atoms with van der Waals surface area (Å²) in [5.41, 5.74) is 1.04. The molecule has 1 heterocycles. The van der Waals surface area contributed by atoms with Crippen molar-refractivity contribution in [3.05, 3.63) is 30.1 Å². The van der Waals surface area contributed by atoms with Crippen LogP contribution in [0.4, 0.5) is 0 Å². The Kier molecular flexibility index (Phi) is 3.96. The molecule has 1 amide bonds. The third kappa shape index (κ3) is 2.86. The van der Waals surface area contributed by atoms with E-state index in [1.165, 1.54) is 0 Å². The van der Waals surface area contributed by atoms with Crippen LogP contribution in [0.3, 0.4) is 0 Å². The lowest BCUT2D eigenvalue weighted by molar-refractivity contribution is -0.109. The second kappa shape index (κ2) is 5.30. The van der Waals surface area contributed by atoms with Crippen LogP contribution in [-0.2, 0) is 4.79 Å². The summed E-state index contributed by atoms with van der Waals surface area (Å²) >= 11 is 0. The number of amides is 1. The van der Waals surface area contributed by atoms with Gasteiger partial charge in [0.1, 0.15) is 0 Å². The molecule has 0 saturated heterocycles. The molecule has 1 aromatic heterocycles. The number of carbonyl (C=O) groups excluding carboxylic acids is 1. The minimum atomic E-state index is 0.325. The molecule has 3 nitrogen and oxygen atoms in total. The fourth-order valence-electron chi connectivity index (χ4n) is 1.27. The number of nitrogens with zero attached hydrogens (tertiary/aromatic N) is 1. The zero-order valence-electron chi connectivity index (χ0n) is 7.73.